The van der Waals surface area contributed by atoms with Crippen LogP contribution in [0.5, 0.6) is 0 Å². The van der Waals surface area contributed by atoms with Gasteiger partial charge in [0.2, 0.25) is 5.91 Å². The van der Waals surface area contributed by atoms with Crippen molar-refractivity contribution in [2.45, 2.75) is 85.3 Å². The Morgan fingerprint density at radius 1 is 0.881 bits per heavy atom. The summed E-state index contributed by atoms with van der Waals surface area (Å²) in [5, 5.41) is 15.3. The molecule has 8 nitrogen and oxygen atoms in total. The van der Waals surface area contributed by atoms with Gasteiger partial charge in [0.05, 0.1) is 12.1 Å². The molecule has 0 aliphatic carbocycles. The minimum absolute atomic E-state index is 0.0719. The Morgan fingerprint density at radius 3 is 2.07 bits per heavy atom. The number of benzene rings is 2. The zero-order valence-corrected chi connectivity index (χ0v) is 25.5. The number of halogens is 2. The van der Waals surface area contributed by atoms with Gasteiger partial charge < -0.3 is 15.3 Å². The van der Waals surface area contributed by atoms with Crippen molar-refractivity contribution in [2.24, 2.45) is 0 Å². The molecule has 0 unspecified atom stereocenters. The van der Waals surface area contributed by atoms with Gasteiger partial charge in [-0.3, -0.25) is 19.4 Å². The van der Waals surface area contributed by atoms with E-state index in [2.05, 4.69) is 10.7 Å². The number of hydrazine groups is 1. The van der Waals surface area contributed by atoms with Gasteiger partial charge in [0.25, 0.3) is 11.8 Å². The highest BCUT2D eigenvalue weighted by Gasteiger charge is 2.25. The van der Waals surface area contributed by atoms with E-state index in [4.69, 9.17) is 0 Å². The summed E-state index contributed by atoms with van der Waals surface area (Å²) in [6, 6.07) is 6.98. The highest BCUT2D eigenvalue weighted by molar-refractivity contribution is 6.00. The van der Waals surface area contributed by atoms with E-state index in [9.17, 15) is 28.3 Å². The maximum absolute atomic E-state index is 14.0. The van der Waals surface area contributed by atoms with Gasteiger partial charge in [0.15, 0.2) is 0 Å². The minimum Gasteiger partial charge on any atom is -0.390 e. The number of aliphatic hydroxyl groups excluding tert-OH is 1. The number of carbonyl (C=O) groups is 3. The van der Waals surface area contributed by atoms with Gasteiger partial charge in [-0.15, -0.1) is 0 Å². The maximum atomic E-state index is 14.0. The van der Waals surface area contributed by atoms with E-state index in [0.29, 0.717) is 37.2 Å². The zero-order chi connectivity index (χ0) is 31.2. The molecule has 0 aliphatic rings. The lowest BCUT2D eigenvalue weighted by Gasteiger charge is -2.28. The van der Waals surface area contributed by atoms with Crippen molar-refractivity contribution in [1.82, 2.24) is 20.7 Å². The Bertz CT molecular complexity index is 1170. The lowest BCUT2D eigenvalue weighted by Crippen LogP contribution is -2.52. The summed E-state index contributed by atoms with van der Waals surface area (Å²) < 4.78 is 27.9. The van der Waals surface area contributed by atoms with Crippen LogP contribution in [-0.4, -0.2) is 71.1 Å². The van der Waals surface area contributed by atoms with E-state index in [1.807, 2.05) is 20.8 Å². The number of hydrogen-bond donors (Lipinski definition) is 3. The second kappa shape index (κ2) is 17.6. The number of aryl methyl sites for hydroxylation is 1. The molecular formula is C32H46F2N4O4. The van der Waals surface area contributed by atoms with Gasteiger partial charge in [-0.25, -0.2) is 14.2 Å². The molecule has 232 valence electrons. The number of aliphatic hydroxyl groups is 1. The summed E-state index contributed by atoms with van der Waals surface area (Å²) in [6.07, 6.45) is 2.28. The summed E-state index contributed by atoms with van der Waals surface area (Å²) >= 11 is 0. The monoisotopic (exact) mass is 588 g/mol. The third-order valence-corrected chi connectivity index (χ3v) is 6.87. The first-order chi connectivity index (χ1) is 20.0. The normalized spacial score (nSPS) is 12.5. The molecule has 0 aliphatic heterocycles. The predicted octanol–water partition coefficient (Wildman–Crippen LogP) is 4.78. The van der Waals surface area contributed by atoms with E-state index in [1.54, 1.807) is 30.9 Å². The van der Waals surface area contributed by atoms with E-state index < -0.39 is 29.7 Å². The number of nitrogens with one attached hydrogen (secondary N) is 2. The van der Waals surface area contributed by atoms with Crippen LogP contribution in [0.15, 0.2) is 36.4 Å². The summed E-state index contributed by atoms with van der Waals surface area (Å²) in [4.78, 5) is 40.9. The van der Waals surface area contributed by atoms with Crippen LogP contribution < -0.4 is 10.7 Å². The van der Waals surface area contributed by atoms with Crippen molar-refractivity contribution in [3.63, 3.8) is 0 Å². The van der Waals surface area contributed by atoms with E-state index >= 15 is 0 Å². The van der Waals surface area contributed by atoms with Crippen molar-refractivity contribution in [3.05, 3.63) is 70.3 Å². The smallest absolute Gasteiger partial charge is 0.253 e. The molecule has 0 radical (unpaired) electrons. The Kier molecular flexibility index (Phi) is 14.6. The maximum Gasteiger partial charge on any atom is 0.253 e. The van der Waals surface area contributed by atoms with Crippen molar-refractivity contribution < 1.29 is 28.3 Å². The molecule has 0 aromatic heterocycles. The first-order valence-corrected chi connectivity index (χ1v) is 14.9. The van der Waals surface area contributed by atoms with Crippen LogP contribution in [0.25, 0.3) is 0 Å². The number of unbranched alkanes of at least 4 members (excludes halogenated alkanes) is 1. The lowest BCUT2D eigenvalue weighted by molar-refractivity contribution is -0.134. The molecule has 2 aromatic carbocycles. The Balaban J connectivity index is 2.31. The fourth-order valence-electron chi connectivity index (χ4n) is 4.78. The van der Waals surface area contributed by atoms with Crippen LogP contribution >= 0.6 is 0 Å². The average Bonchev–Trinajstić information content (AvgIpc) is 2.94. The molecule has 3 N–H and O–H groups in total. The molecule has 10 heteroatoms. The van der Waals surface area contributed by atoms with Gasteiger partial charge in [-0.1, -0.05) is 27.2 Å². The quantitative estimate of drug-likeness (QED) is 0.231. The van der Waals surface area contributed by atoms with Crippen LogP contribution in [0.2, 0.25) is 0 Å². The highest BCUT2D eigenvalue weighted by atomic mass is 19.1. The summed E-state index contributed by atoms with van der Waals surface area (Å²) in [7, 11) is 0. The topological polar surface area (TPSA) is 102 Å². The van der Waals surface area contributed by atoms with Crippen LogP contribution in [0.1, 0.15) is 91.6 Å². The van der Waals surface area contributed by atoms with E-state index in [-0.39, 0.29) is 35.9 Å². The third-order valence-electron chi connectivity index (χ3n) is 6.87. The molecule has 0 spiro atoms. The molecule has 2 rings (SSSR count). The van der Waals surface area contributed by atoms with Gasteiger partial charge >= 0.3 is 0 Å². The molecule has 0 fully saturated rings. The lowest BCUT2D eigenvalue weighted by atomic mass is 9.99. The van der Waals surface area contributed by atoms with Gasteiger partial charge in [-0.05, 0) is 81.0 Å². The number of rotatable bonds is 17. The minimum atomic E-state index is -1.22. The third kappa shape index (κ3) is 10.8. The Labute approximate surface area is 248 Å². The van der Waals surface area contributed by atoms with Crippen LogP contribution in [0, 0.1) is 18.6 Å². The molecule has 3 amide bonds. The molecule has 0 saturated heterocycles. The Hall–Kier alpha value is -3.37. The van der Waals surface area contributed by atoms with E-state index in [0.717, 1.165) is 43.9 Å². The summed E-state index contributed by atoms with van der Waals surface area (Å²) in [5.41, 5.74) is 4.51. The van der Waals surface area contributed by atoms with Crippen molar-refractivity contribution in [3.8, 4) is 0 Å². The van der Waals surface area contributed by atoms with Crippen molar-refractivity contribution in [2.75, 3.05) is 26.2 Å². The van der Waals surface area contributed by atoms with E-state index in [1.165, 1.54) is 11.1 Å². The molecule has 0 bridgehead atoms. The molecule has 42 heavy (non-hydrogen) atoms. The zero-order valence-electron chi connectivity index (χ0n) is 25.5. The van der Waals surface area contributed by atoms with Crippen molar-refractivity contribution in [1.29, 1.82) is 0 Å². The Morgan fingerprint density at radius 2 is 1.50 bits per heavy atom. The largest absolute Gasteiger partial charge is 0.390 e. The van der Waals surface area contributed by atoms with Crippen LogP contribution in [0.4, 0.5) is 8.78 Å². The fourth-order valence-corrected chi connectivity index (χ4v) is 4.78. The number of carbonyl (C=O) groups excluding carboxylic acids is 3. The SMILES string of the molecule is CCCCC(=O)N(CC)NC[C@H](O)[C@H](Cc1cc(F)cc(F)c1)NC(=O)c1cc(C)cc(C(=O)N(CCC)CCC)c1. The summed E-state index contributed by atoms with van der Waals surface area (Å²) in [6.45, 7) is 11.1. The number of nitrogens with zero attached hydrogens (tertiary/aromatic N) is 2. The van der Waals surface area contributed by atoms with Crippen molar-refractivity contribution >= 4 is 17.7 Å². The van der Waals surface area contributed by atoms with Crippen LogP contribution in [0.3, 0.4) is 0 Å². The van der Waals surface area contributed by atoms with Gasteiger partial charge in [-0.2, -0.15) is 0 Å². The molecule has 2 atom stereocenters. The highest BCUT2D eigenvalue weighted by Crippen LogP contribution is 2.16. The van der Waals surface area contributed by atoms with Gasteiger partial charge in [0, 0.05) is 49.8 Å². The molecule has 0 heterocycles. The predicted molar refractivity (Wildman–Crippen MR) is 160 cm³/mol. The second-order valence-corrected chi connectivity index (χ2v) is 10.6. The fraction of sp³-hybridized carbons (Fsp3) is 0.531. The molecular weight excluding hydrogens is 542 g/mol. The standard InChI is InChI=1S/C32H46F2N4O4/c1-6-10-11-30(40)38(9-4)35-21-29(39)28(18-23-16-26(33)20-27(34)17-23)36-31(41)24-14-22(5)15-25(19-24)32(42)37(12-7-2)13-8-3/h14-17,19-20,28-29,35,39H,6-13,18,21H2,1-5H3,(H,36,41)/t28-,29-/m0/s1. The number of hydrogen-bond acceptors (Lipinski definition) is 5. The molecule has 2 aromatic rings. The number of amides is 3. The average molecular weight is 589 g/mol. The molecule has 0 saturated carbocycles. The first kappa shape index (κ1) is 34.8. The summed E-state index contributed by atoms with van der Waals surface area (Å²) in [5.74, 6) is -2.37. The van der Waals surface area contributed by atoms with Crippen LogP contribution in [-0.2, 0) is 11.2 Å². The first-order valence-electron chi connectivity index (χ1n) is 14.9. The second-order valence-electron chi connectivity index (χ2n) is 10.6. The van der Waals surface area contributed by atoms with Gasteiger partial charge in [0.1, 0.15) is 11.6 Å².